The van der Waals surface area contributed by atoms with E-state index in [2.05, 4.69) is 19.2 Å². The normalized spacial score (nSPS) is 27.7. The minimum absolute atomic E-state index is 0.0304. The third-order valence-corrected chi connectivity index (χ3v) is 2.89. The van der Waals surface area contributed by atoms with Gasteiger partial charge in [0.05, 0.1) is 13.0 Å². The van der Waals surface area contributed by atoms with Crippen LogP contribution in [-0.2, 0) is 9.53 Å². The summed E-state index contributed by atoms with van der Waals surface area (Å²) in [5.74, 6) is 1.18. The molecule has 1 fully saturated rings. The molecule has 0 radical (unpaired) electrons. The Hall–Kier alpha value is -0.570. The average molecular weight is 199 g/mol. The van der Waals surface area contributed by atoms with E-state index in [0.717, 1.165) is 25.9 Å². The van der Waals surface area contributed by atoms with Crippen molar-refractivity contribution in [3.8, 4) is 0 Å². The molecule has 1 aliphatic heterocycles. The van der Waals surface area contributed by atoms with Crippen LogP contribution in [0.15, 0.2) is 0 Å². The fraction of sp³-hybridized carbons (Fsp3) is 0.909. The lowest BCUT2D eigenvalue weighted by atomic mass is 9.81. The molecule has 1 saturated heterocycles. The molecule has 1 aliphatic rings. The van der Waals surface area contributed by atoms with E-state index in [1.165, 1.54) is 7.11 Å². The van der Waals surface area contributed by atoms with Gasteiger partial charge in [0.25, 0.3) is 0 Å². The molecule has 0 aromatic heterocycles. The van der Waals surface area contributed by atoms with Crippen LogP contribution in [0.5, 0.6) is 0 Å². The van der Waals surface area contributed by atoms with Gasteiger partial charge in [-0.15, -0.1) is 0 Å². The summed E-state index contributed by atoms with van der Waals surface area (Å²) >= 11 is 0. The van der Waals surface area contributed by atoms with Crippen LogP contribution in [0.2, 0.25) is 0 Å². The first-order chi connectivity index (χ1) is 6.65. The number of carbonyl (C=O) groups excluding carboxylic acids is 1. The molecule has 0 amide bonds. The van der Waals surface area contributed by atoms with Gasteiger partial charge < -0.3 is 10.1 Å². The van der Waals surface area contributed by atoms with Crippen molar-refractivity contribution in [3.63, 3.8) is 0 Å². The maximum atomic E-state index is 11.5. The maximum absolute atomic E-state index is 11.5. The van der Waals surface area contributed by atoms with Crippen molar-refractivity contribution in [2.75, 3.05) is 20.2 Å². The highest BCUT2D eigenvalue weighted by Crippen LogP contribution is 2.26. The van der Waals surface area contributed by atoms with Crippen LogP contribution in [0.25, 0.3) is 0 Å². The number of esters is 1. The zero-order valence-electron chi connectivity index (χ0n) is 9.38. The SMILES string of the molecule is COC(=O)C1CCNCC1CC(C)C. The largest absolute Gasteiger partial charge is 0.469 e. The number of carbonyl (C=O) groups is 1. The van der Waals surface area contributed by atoms with Crippen molar-refractivity contribution in [2.45, 2.75) is 26.7 Å². The predicted octanol–water partition coefficient (Wildman–Crippen LogP) is 1.43. The number of ether oxygens (including phenoxy) is 1. The highest BCUT2D eigenvalue weighted by Gasteiger charge is 2.31. The van der Waals surface area contributed by atoms with Gasteiger partial charge in [-0.3, -0.25) is 4.79 Å². The van der Waals surface area contributed by atoms with Gasteiger partial charge in [0.1, 0.15) is 0 Å². The van der Waals surface area contributed by atoms with E-state index in [9.17, 15) is 4.79 Å². The number of piperidine rings is 1. The lowest BCUT2D eigenvalue weighted by molar-refractivity contribution is -0.148. The number of nitrogens with one attached hydrogen (secondary N) is 1. The van der Waals surface area contributed by atoms with Crippen molar-refractivity contribution >= 4 is 5.97 Å². The number of hydrogen-bond acceptors (Lipinski definition) is 3. The van der Waals surface area contributed by atoms with E-state index in [-0.39, 0.29) is 11.9 Å². The van der Waals surface area contributed by atoms with Crippen molar-refractivity contribution in [1.29, 1.82) is 0 Å². The lowest BCUT2D eigenvalue weighted by Crippen LogP contribution is -2.41. The molecule has 2 unspecified atom stereocenters. The Labute approximate surface area is 86.2 Å². The Morgan fingerprint density at radius 3 is 2.86 bits per heavy atom. The molecular formula is C11H21NO2. The van der Waals surface area contributed by atoms with Crippen molar-refractivity contribution < 1.29 is 9.53 Å². The molecule has 0 aliphatic carbocycles. The van der Waals surface area contributed by atoms with Crippen LogP contribution < -0.4 is 5.32 Å². The van der Waals surface area contributed by atoms with Gasteiger partial charge in [-0.2, -0.15) is 0 Å². The van der Waals surface area contributed by atoms with Crippen LogP contribution in [-0.4, -0.2) is 26.2 Å². The Morgan fingerprint density at radius 1 is 1.57 bits per heavy atom. The third-order valence-electron chi connectivity index (χ3n) is 2.89. The Morgan fingerprint density at radius 2 is 2.29 bits per heavy atom. The second kappa shape index (κ2) is 5.35. The monoisotopic (exact) mass is 199 g/mol. The van der Waals surface area contributed by atoms with Crippen molar-refractivity contribution in [1.82, 2.24) is 5.32 Å². The number of rotatable bonds is 3. The van der Waals surface area contributed by atoms with E-state index in [0.29, 0.717) is 11.8 Å². The molecule has 0 aromatic carbocycles. The molecule has 0 saturated carbocycles. The molecule has 0 spiro atoms. The molecule has 0 bridgehead atoms. The van der Waals surface area contributed by atoms with Gasteiger partial charge in [-0.05, 0) is 37.8 Å². The highest BCUT2D eigenvalue weighted by atomic mass is 16.5. The summed E-state index contributed by atoms with van der Waals surface area (Å²) in [6.45, 7) is 6.29. The molecule has 1 heterocycles. The highest BCUT2D eigenvalue weighted by molar-refractivity contribution is 5.72. The molecule has 14 heavy (non-hydrogen) atoms. The molecule has 2 atom stereocenters. The Balaban J connectivity index is 2.54. The predicted molar refractivity (Wildman–Crippen MR) is 55.9 cm³/mol. The van der Waals surface area contributed by atoms with Crippen LogP contribution in [0.1, 0.15) is 26.7 Å². The van der Waals surface area contributed by atoms with Crippen LogP contribution in [0.3, 0.4) is 0 Å². The first-order valence-electron chi connectivity index (χ1n) is 5.43. The molecule has 1 N–H and O–H groups in total. The summed E-state index contributed by atoms with van der Waals surface area (Å²) in [5, 5.41) is 3.34. The van der Waals surface area contributed by atoms with Gasteiger partial charge in [0.15, 0.2) is 0 Å². The summed E-state index contributed by atoms with van der Waals surface area (Å²) < 4.78 is 4.83. The first-order valence-corrected chi connectivity index (χ1v) is 5.43. The van der Waals surface area contributed by atoms with E-state index in [4.69, 9.17) is 4.74 Å². The molecule has 3 heteroatoms. The first kappa shape index (κ1) is 11.5. The molecule has 3 nitrogen and oxygen atoms in total. The topological polar surface area (TPSA) is 38.3 Å². The zero-order valence-corrected chi connectivity index (χ0v) is 9.38. The number of hydrogen-bond donors (Lipinski definition) is 1. The molecule has 82 valence electrons. The van der Waals surface area contributed by atoms with E-state index < -0.39 is 0 Å². The summed E-state index contributed by atoms with van der Waals surface area (Å²) in [6, 6.07) is 0. The van der Waals surface area contributed by atoms with Gasteiger partial charge in [0.2, 0.25) is 0 Å². The van der Waals surface area contributed by atoms with Gasteiger partial charge >= 0.3 is 5.97 Å². The van der Waals surface area contributed by atoms with Crippen molar-refractivity contribution in [2.24, 2.45) is 17.8 Å². The Kier molecular flexibility index (Phi) is 4.39. The van der Waals surface area contributed by atoms with Gasteiger partial charge in [0, 0.05) is 0 Å². The minimum Gasteiger partial charge on any atom is -0.469 e. The van der Waals surface area contributed by atoms with Crippen LogP contribution >= 0.6 is 0 Å². The smallest absolute Gasteiger partial charge is 0.309 e. The van der Waals surface area contributed by atoms with E-state index in [1.54, 1.807) is 0 Å². The van der Waals surface area contributed by atoms with Crippen molar-refractivity contribution in [3.05, 3.63) is 0 Å². The zero-order chi connectivity index (χ0) is 10.6. The quantitative estimate of drug-likeness (QED) is 0.699. The maximum Gasteiger partial charge on any atom is 0.309 e. The third kappa shape index (κ3) is 2.98. The standard InChI is InChI=1S/C11H21NO2/c1-8(2)6-9-7-12-5-4-10(9)11(13)14-3/h8-10,12H,4-7H2,1-3H3. The summed E-state index contributed by atoms with van der Waals surface area (Å²) in [4.78, 5) is 11.5. The summed E-state index contributed by atoms with van der Waals surface area (Å²) in [5.41, 5.74) is 0. The average Bonchev–Trinajstić information content (AvgIpc) is 2.16. The van der Waals surface area contributed by atoms with Gasteiger partial charge in [-0.1, -0.05) is 13.8 Å². The second-order valence-corrected chi connectivity index (χ2v) is 4.51. The summed E-state index contributed by atoms with van der Waals surface area (Å²) in [7, 11) is 1.48. The van der Waals surface area contributed by atoms with E-state index >= 15 is 0 Å². The molecule has 1 rings (SSSR count). The summed E-state index contributed by atoms with van der Waals surface area (Å²) in [6.07, 6.45) is 2.02. The van der Waals surface area contributed by atoms with Gasteiger partial charge in [-0.25, -0.2) is 0 Å². The lowest BCUT2D eigenvalue weighted by Gasteiger charge is -2.31. The van der Waals surface area contributed by atoms with Crippen LogP contribution in [0.4, 0.5) is 0 Å². The van der Waals surface area contributed by atoms with E-state index in [1.807, 2.05) is 0 Å². The molecular weight excluding hydrogens is 178 g/mol. The second-order valence-electron chi connectivity index (χ2n) is 4.51. The fourth-order valence-electron chi connectivity index (χ4n) is 2.24. The van der Waals surface area contributed by atoms with Crippen LogP contribution in [0, 0.1) is 17.8 Å². The fourth-order valence-corrected chi connectivity index (χ4v) is 2.24. The number of methoxy groups -OCH3 is 1. The molecule has 0 aromatic rings. The Bertz CT molecular complexity index is 192. The minimum atomic E-state index is -0.0304.